The fourth-order valence-corrected chi connectivity index (χ4v) is 3.59. The van der Waals surface area contributed by atoms with Crippen LogP contribution in [0.5, 0.6) is 0 Å². The van der Waals surface area contributed by atoms with Gasteiger partial charge >= 0.3 is 5.97 Å². The average molecular weight is 362 g/mol. The number of nitrogens with one attached hydrogen (secondary N) is 1. The van der Waals surface area contributed by atoms with Gasteiger partial charge in [-0.3, -0.25) is 4.79 Å². The fourth-order valence-electron chi connectivity index (χ4n) is 3.59. The van der Waals surface area contributed by atoms with Crippen LogP contribution >= 0.6 is 0 Å². The van der Waals surface area contributed by atoms with E-state index in [1.165, 1.54) is 4.90 Å². The molecule has 0 saturated carbocycles. The summed E-state index contributed by atoms with van der Waals surface area (Å²) in [5.41, 5.74) is 1.18. The topological polar surface area (TPSA) is 30.7 Å². The lowest BCUT2D eigenvalue weighted by Crippen LogP contribution is -3.06. The van der Waals surface area contributed by atoms with Gasteiger partial charge in [0.25, 0.3) is 0 Å². The summed E-state index contributed by atoms with van der Waals surface area (Å²) in [6.07, 6.45) is 0. The molecule has 0 fully saturated rings. The summed E-state index contributed by atoms with van der Waals surface area (Å²) in [5.74, 6) is -0.0810. The molecule has 0 bridgehead atoms. The highest BCUT2D eigenvalue weighted by Crippen LogP contribution is 2.40. The van der Waals surface area contributed by atoms with Crippen LogP contribution in [-0.2, 0) is 14.9 Å². The van der Waals surface area contributed by atoms with Crippen LogP contribution in [0.2, 0.25) is 0 Å². The monoisotopic (exact) mass is 361 g/mol. The van der Waals surface area contributed by atoms with Gasteiger partial charge in [-0.1, -0.05) is 67.6 Å². The SMILES string of the molecule is CCOC(=O)C(c1ccccc1)(c1ccccc1)C(C)C[NH+](C)C.[Cl-]. The van der Waals surface area contributed by atoms with Crippen molar-refractivity contribution in [1.29, 1.82) is 0 Å². The number of carbonyl (C=O) groups excluding carboxylic acids is 1. The first-order valence-corrected chi connectivity index (χ1v) is 8.60. The number of hydrogen-bond acceptors (Lipinski definition) is 2. The van der Waals surface area contributed by atoms with Gasteiger partial charge in [0, 0.05) is 5.92 Å². The standard InChI is InChI=1S/C21H27NO2.ClH/c1-5-24-20(23)21(17(2)16-22(3)4,18-12-8-6-9-13-18)19-14-10-7-11-15-19;/h6-15,17H,5,16H2,1-4H3;1H. The molecule has 3 nitrogen and oxygen atoms in total. The molecule has 1 unspecified atom stereocenters. The minimum absolute atomic E-state index is 0. The number of quaternary nitrogens is 1. The molecule has 0 heterocycles. The van der Waals surface area contributed by atoms with Crippen LogP contribution in [0.3, 0.4) is 0 Å². The molecule has 25 heavy (non-hydrogen) atoms. The van der Waals surface area contributed by atoms with Crippen molar-refractivity contribution in [2.45, 2.75) is 19.3 Å². The van der Waals surface area contributed by atoms with Gasteiger partial charge in [-0.05, 0) is 18.1 Å². The van der Waals surface area contributed by atoms with E-state index in [4.69, 9.17) is 4.74 Å². The number of rotatable bonds is 7. The third-order valence-corrected chi connectivity index (χ3v) is 4.51. The Hall–Kier alpha value is -1.84. The van der Waals surface area contributed by atoms with E-state index in [-0.39, 0.29) is 24.3 Å². The van der Waals surface area contributed by atoms with Crippen LogP contribution < -0.4 is 17.3 Å². The second kappa shape index (κ2) is 9.59. The Labute approximate surface area is 157 Å². The Morgan fingerprint density at radius 2 is 1.44 bits per heavy atom. The van der Waals surface area contributed by atoms with Crippen LogP contribution in [0.25, 0.3) is 0 Å². The van der Waals surface area contributed by atoms with Crippen LogP contribution in [0, 0.1) is 5.92 Å². The van der Waals surface area contributed by atoms with E-state index in [1.807, 2.05) is 67.6 Å². The Morgan fingerprint density at radius 1 is 1.00 bits per heavy atom. The van der Waals surface area contributed by atoms with E-state index in [9.17, 15) is 4.79 Å². The predicted molar refractivity (Wildman–Crippen MR) is 97.1 cm³/mol. The molecular weight excluding hydrogens is 334 g/mol. The van der Waals surface area contributed by atoms with Crippen molar-refractivity contribution in [3.63, 3.8) is 0 Å². The molecular formula is C21H28ClNO2. The van der Waals surface area contributed by atoms with Crippen molar-refractivity contribution in [3.8, 4) is 0 Å². The summed E-state index contributed by atoms with van der Waals surface area (Å²) < 4.78 is 5.57. The first-order chi connectivity index (χ1) is 11.5. The molecule has 0 amide bonds. The van der Waals surface area contributed by atoms with Gasteiger partial charge < -0.3 is 22.0 Å². The number of ether oxygens (including phenoxy) is 1. The van der Waals surface area contributed by atoms with Gasteiger partial charge in [0.2, 0.25) is 0 Å². The lowest BCUT2D eigenvalue weighted by Gasteiger charge is -2.38. The van der Waals surface area contributed by atoms with Crippen molar-refractivity contribution < 1.29 is 26.8 Å². The molecule has 1 N–H and O–H groups in total. The fraction of sp³-hybridized carbons (Fsp3) is 0.381. The molecule has 0 spiro atoms. The molecule has 0 saturated heterocycles. The van der Waals surface area contributed by atoms with Crippen molar-refractivity contribution in [1.82, 2.24) is 0 Å². The first-order valence-electron chi connectivity index (χ1n) is 8.60. The first kappa shape index (κ1) is 21.2. The van der Waals surface area contributed by atoms with Crippen molar-refractivity contribution in [2.75, 3.05) is 27.2 Å². The Balaban J connectivity index is 0.00000312. The van der Waals surface area contributed by atoms with Gasteiger partial charge in [0.1, 0.15) is 5.41 Å². The second-order valence-corrected chi connectivity index (χ2v) is 6.57. The van der Waals surface area contributed by atoms with E-state index in [0.29, 0.717) is 6.61 Å². The zero-order chi connectivity index (χ0) is 17.6. The average Bonchev–Trinajstić information content (AvgIpc) is 2.57. The Bertz CT molecular complexity index is 604. The molecule has 4 heteroatoms. The molecule has 1 atom stereocenters. The molecule has 2 aromatic rings. The minimum atomic E-state index is -0.796. The van der Waals surface area contributed by atoms with Gasteiger partial charge in [-0.2, -0.15) is 0 Å². The highest BCUT2D eigenvalue weighted by atomic mass is 35.5. The van der Waals surface area contributed by atoms with Crippen molar-refractivity contribution in [3.05, 3.63) is 71.8 Å². The summed E-state index contributed by atoms with van der Waals surface area (Å²) >= 11 is 0. The van der Waals surface area contributed by atoms with E-state index in [0.717, 1.165) is 17.7 Å². The van der Waals surface area contributed by atoms with E-state index < -0.39 is 5.41 Å². The maximum Gasteiger partial charge on any atom is 0.321 e. The molecule has 0 aromatic heterocycles. The van der Waals surface area contributed by atoms with E-state index in [2.05, 4.69) is 21.0 Å². The summed E-state index contributed by atoms with van der Waals surface area (Å²) in [6.45, 7) is 5.24. The summed E-state index contributed by atoms with van der Waals surface area (Å²) in [6, 6.07) is 20.0. The van der Waals surface area contributed by atoms with Gasteiger partial charge in [0.05, 0.1) is 27.2 Å². The zero-order valence-corrected chi connectivity index (χ0v) is 16.2. The minimum Gasteiger partial charge on any atom is -1.00 e. The van der Waals surface area contributed by atoms with Crippen LogP contribution in [0.4, 0.5) is 0 Å². The number of esters is 1. The quantitative estimate of drug-likeness (QED) is 0.663. The third kappa shape index (κ3) is 4.42. The molecule has 0 radical (unpaired) electrons. The smallest absolute Gasteiger partial charge is 0.321 e. The zero-order valence-electron chi connectivity index (χ0n) is 15.5. The lowest BCUT2D eigenvalue weighted by atomic mass is 9.66. The van der Waals surface area contributed by atoms with Gasteiger partial charge in [0.15, 0.2) is 0 Å². The van der Waals surface area contributed by atoms with E-state index in [1.54, 1.807) is 0 Å². The highest BCUT2D eigenvalue weighted by Gasteiger charge is 2.49. The maximum absolute atomic E-state index is 13.3. The maximum atomic E-state index is 13.3. The summed E-state index contributed by atoms with van der Waals surface area (Å²) in [5, 5.41) is 0. The van der Waals surface area contributed by atoms with Gasteiger partial charge in [-0.15, -0.1) is 0 Å². The molecule has 136 valence electrons. The highest BCUT2D eigenvalue weighted by molar-refractivity contribution is 5.88. The van der Waals surface area contributed by atoms with Crippen molar-refractivity contribution >= 4 is 5.97 Å². The van der Waals surface area contributed by atoms with Crippen LogP contribution in [0.15, 0.2) is 60.7 Å². The van der Waals surface area contributed by atoms with Gasteiger partial charge in [-0.25, -0.2) is 0 Å². The largest absolute Gasteiger partial charge is 1.00 e. The second-order valence-electron chi connectivity index (χ2n) is 6.57. The molecule has 0 aliphatic carbocycles. The van der Waals surface area contributed by atoms with Crippen LogP contribution in [-0.4, -0.2) is 33.2 Å². The number of halogens is 1. The number of hydrogen-bond donors (Lipinski definition) is 1. The summed E-state index contributed by atoms with van der Waals surface area (Å²) in [7, 11) is 4.23. The van der Waals surface area contributed by atoms with Crippen molar-refractivity contribution in [2.24, 2.45) is 5.92 Å². The third-order valence-electron chi connectivity index (χ3n) is 4.51. The molecule has 0 aliphatic heterocycles. The molecule has 0 aliphatic rings. The Morgan fingerprint density at radius 3 is 1.80 bits per heavy atom. The number of benzene rings is 2. The summed E-state index contributed by atoms with van der Waals surface area (Å²) in [4.78, 5) is 14.6. The van der Waals surface area contributed by atoms with E-state index >= 15 is 0 Å². The molecule has 2 rings (SSSR count). The number of carbonyl (C=O) groups is 1. The molecule has 2 aromatic carbocycles. The lowest BCUT2D eigenvalue weighted by molar-refractivity contribution is -0.862. The predicted octanol–water partition coefficient (Wildman–Crippen LogP) is -0.680. The van der Waals surface area contributed by atoms with Crippen LogP contribution in [0.1, 0.15) is 25.0 Å². The normalized spacial score (nSPS) is 12.4. The Kier molecular flexibility index (Phi) is 8.14.